The summed E-state index contributed by atoms with van der Waals surface area (Å²) in [6, 6.07) is -1.42. The van der Waals surface area contributed by atoms with Crippen LogP contribution in [0.15, 0.2) is 0 Å². The normalized spacial score (nSPS) is 16.6. The van der Waals surface area contributed by atoms with Gasteiger partial charge < -0.3 is 10.4 Å². The highest BCUT2D eigenvalue weighted by Crippen LogP contribution is 2.30. The second-order valence-corrected chi connectivity index (χ2v) is 4.82. The summed E-state index contributed by atoms with van der Waals surface area (Å²) in [7, 11) is 0. The molecule has 1 amide bonds. The molecule has 8 heteroatoms. The van der Waals surface area contributed by atoms with Gasteiger partial charge in [0, 0.05) is 6.04 Å². The molecule has 0 aromatic carbocycles. The Hall–Kier alpha value is -1.31. The van der Waals surface area contributed by atoms with Crippen molar-refractivity contribution in [3.8, 4) is 0 Å². The molecule has 0 aliphatic rings. The van der Waals surface area contributed by atoms with Gasteiger partial charge >= 0.3 is 12.1 Å². The lowest BCUT2D eigenvalue weighted by Crippen LogP contribution is -2.65. The molecule has 0 bridgehead atoms. The topological polar surface area (TPSA) is 78.4 Å². The highest BCUT2D eigenvalue weighted by atomic mass is 19.4. The molecule has 0 heterocycles. The number of rotatable bonds is 7. The van der Waals surface area contributed by atoms with E-state index in [1.807, 2.05) is 19.2 Å². The standard InChI is InChI=1S/C12H21F3N2O3/c1-5-8(6-2)16-9(18)7(3)17-11(4,10(19)20)12(13,14)15/h7-8,17H,5-6H2,1-4H3,(H,16,18)(H,19,20). The summed E-state index contributed by atoms with van der Waals surface area (Å²) in [5.74, 6) is -2.73. The Balaban J connectivity index is 4.91. The molecular weight excluding hydrogens is 277 g/mol. The summed E-state index contributed by atoms with van der Waals surface area (Å²) in [5, 5.41) is 13.2. The molecular formula is C12H21F3N2O3. The number of aliphatic carboxylic acids is 1. The molecule has 0 saturated carbocycles. The van der Waals surface area contributed by atoms with Crippen LogP contribution in [0, 0.1) is 0 Å². The first-order valence-electron chi connectivity index (χ1n) is 6.37. The van der Waals surface area contributed by atoms with Crippen LogP contribution in [-0.2, 0) is 9.59 Å². The zero-order valence-electron chi connectivity index (χ0n) is 12.0. The van der Waals surface area contributed by atoms with Crippen molar-refractivity contribution in [2.24, 2.45) is 0 Å². The second-order valence-electron chi connectivity index (χ2n) is 4.82. The van der Waals surface area contributed by atoms with Crippen molar-refractivity contribution in [3.05, 3.63) is 0 Å². The van der Waals surface area contributed by atoms with Crippen LogP contribution < -0.4 is 10.6 Å². The molecule has 3 N–H and O–H groups in total. The summed E-state index contributed by atoms with van der Waals surface area (Å²) in [5.41, 5.74) is -3.17. The molecule has 0 aliphatic carbocycles. The van der Waals surface area contributed by atoms with Gasteiger partial charge in [0.1, 0.15) is 0 Å². The molecule has 0 aromatic heterocycles. The predicted molar refractivity (Wildman–Crippen MR) is 67.2 cm³/mol. The van der Waals surface area contributed by atoms with Gasteiger partial charge in [0.2, 0.25) is 11.4 Å². The highest BCUT2D eigenvalue weighted by molar-refractivity contribution is 5.84. The molecule has 0 rings (SSSR count). The number of alkyl halides is 3. The van der Waals surface area contributed by atoms with Crippen molar-refractivity contribution in [2.75, 3.05) is 0 Å². The van der Waals surface area contributed by atoms with Crippen molar-refractivity contribution >= 4 is 11.9 Å². The number of carbonyl (C=O) groups is 2. The Labute approximate surface area is 115 Å². The van der Waals surface area contributed by atoms with Crippen LogP contribution in [0.4, 0.5) is 13.2 Å². The molecule has 0 radical (unpaired) electrons. The number of carboxylic acids is 1. The van der Waals surface area contributed by atoms with E-state index >= 15 is 0 Å². The largest absolute Gasteiger partial charge is 0.480 e. The summed E-state index contributed by atoms with van der Waals surface area (Å²) in [4.78, 5) is 22.6. The minimum Gasteiger partial charge on any atom is -0.480 e. The Bertz CT molecular complexity index is 356. The van der Waals surface area contributed by atoms with Gasteiger partial charge in [-0.2, -0.15) is 13.2 Å². The van der Waals surface area contributed by atoms with Gasteiger partial charge in [0.25, 0.3) is 0 Å². The summed E-state index contributed by atoms with van der Waals surface area (Å²) < 4.78 is 38.4. The van der Waals surface area contributed by atoms with E-state index in [0.29, 0.717) is 19.8 Å². The van der Waals surface area contributed by atoms with E-state index in [-0.39, 0.29) is 6.04 Å². The summed E-state index contributed by atoms with van der Waals surface area (Å²) in [6.07, 6.45) is -3.73. The fourth-order valence-electron chi connectivity index (χ4n) is 1.58. The zero-order valence-corrected chi connectivity index (χ0v) is 12.0. The van der Waals surface area contributed by atoms with E-state index in [2.05, 4.69) is 5.32 Å². The number of hydrogen-bond acceptors (Lipinski definition) is 3. The van der Waals surface area contributed by atoms with Crippen LogP contribution in [0.2, 0.25) is 0 Å². The lowest BCUT2D eigenvalue weighted by Gasteiger charge is -2.31. The predicted octanol–water partition coefficient (Wildman–Crippen LogP) is 1.67. The van der Waals surface area contributed by atoms with Gasteiger partial charge in [-0.3, -0.25) is 10.1 Å². The Morgan fingerprint density at radius 2 is 1.65 bits per heavy atom. The Kier molecular flexibility index (Phi) is 6.46. The van der Waals surface area contributed by atoms with Crippen molar-refractivity contribution in [1.82, 2.24) is 10.6 Å². The molecule has 0 aliphatic heterocycles. The maximum Gasteiger partial charge on any atom is 0.417 e. The van der Waals surface area contributed by atoms with Crippen LogP contribution in [0.5, 0.6) is 0 Å². The van der Waals surface area contributed by atoms with E-state index in [1.54, 1.807) is 0 Å². The van der Waals surface area contributed by atoms with Gasteiger partial charge in [-0.05, 0) is 26.7 Å². The van der Waals surface area contributed by atoms with Gasteiger partial charge in [0.05, 0.1) is 6.04 Å². The lowest BCUT2D eigenvalue weighted by atomic mass is 10.0. The SMILES string of the molecule is CCC(CC)NC(=O)C(C)NC(C)(C(=O)O)C(F)(F)F. The summed E-state index contributed by atoms with van der Waals surface area (Å²) >= 11 is 0. The second kappa shape index (κ2) is 6.92. The van der Waals surface area contributed by atoms with E-state index in [1.165, 1.54) is 6.92 Å². The Morgan fingerprint density at radius 3 is 1.95 bits per heavy atom. The molecule has 0 aromatic rings. The third-order valence-corrected chi connectivity index (χ3v) is 3.23. The van der Waals surface area contributed by atoms with E-state index in [4.69, 9.17) is 5.11 Å². The monoisotopic (exact) mass is 298 g/mol. The number of amides is 1. The van der Waals surface area contributed by atoms with Crippen molar-refractivity contribution < 1.29 is 27.9 Å². The average molecular weight is 298 g/mol. The van der Waals surface area contributed by atoms with Gasteiger partial charge in [-0.25, -0.2) is 4.79 Å². The molecule has 20 heavy (non-hydrogen) atoms. The van der Waals surface area contributed by atoms with Crippen LogP contribution in [0.25, 0.3) is 0 Å². The van der Waals surface area contributed by atoms with Crippen LogP contribution >= 0.6 is 0 Å². The molecule has 0 saturated heterocycles. The highest BCUT2D eigenvalue weighted by Gasteiger charge is 2.58. The fourth-order valence-corrected chi connectivity index (χ4v) is 1.58. The molecule has 2 atom stereocenters. The van der Waals surface area contributed by atoms with Crippen LogP contribution in [-0.4, -0.2) is 40.8 Å². The number of hydrogen-bond donors (Lipinski definition) is 3. The fraction of sp³-hybridized carbons (Fsp3) is 0.833. The number of carbonyl (C=O) groups excluding carboxylic acids is 1. The first kappa shape index (κ1) is 18.7. The van der Waals surface area contributed by atoms with Gasteiger partial charge in [-0.15, -0.1) is 0 Å². The molecule has 118 valence electrons. The maximum atomic E-state index is 12.8. The van der Waals surface area contributed by atoms with Gasteiger partial charge in [0.15, 0.2) is 0 Å². The molecule has 5 nitrogen and oxygen atoms in total. The van der Waals surface area contributed by atoms with E-state index < -0.39 is 29.6 Å². The van der Waals surface area contributed by atoms with Crippen molar-refractivity contribution in [2.45, 2.75) is 64.3 Å². The average Bonchev–Trinajstić information content (AvgIpc) is 2.33. The first-order chi connectivity index (χ1) is 8.99. The zero-order chi connectivity index (χ0) is 16.1. The third-order valence-electron chi connectivity index (χ3n) is 3.23. The third kappa shape index (κ3) is 4.36. The maximum absolute atomic E-state index is 12.8. The molecule has 2 unspecified atom stereocenters. The minimum atomic E-state index is -5.01. The van der Waals surface area contributed by atoms with Gasteiger partial charge in [-0.1, -0.05) is 13.8 Å². The smallest absolute Gasteiger partial charge is 0.417 e. The van der Waals surface area contributed by atoms with Crippen LogP contribution in [0.3, 0.4) is 0 Å². The minimum absolute atomic E-state index is 0.145. The Morgan fingerprint density at radius 1 is 1.20 bits per heavy atom. The quantitative estimate of drug-likeness (QED) is 0.668. The number of halogens is 3. The molecule has 0 fully saturated rings. The first-order valence-corrected chi connectivity index (χ1v) is 6.37. The van der Waals surface area contributed by atoms with Crippen molar-refractivity contribution in [3.63, 3.8) is 0 Å². The summed E-state index contributed by atoms with van der Waals surface area (Å²) in [6.45, 7) is 5.37. The number of carboxylic acid groups (broad SMARTS) is 1. The van der Waals surface area contributed by atoms with E-state index in [9.17, 15) is 22.8 Å². The van der Waals surface area contributed by atoms with Crippen LogP contribution in [0.1, 0.15) is 40.5 Å². The van der Waals surface area contributed by atoms with E-state index in [0.717, 1.165) is 0 Å². The molecule has 0 spiro atoms. The number of nitrogens with one attached hydrogen (secondary N) is 2. The lowest BCUT2D eigenvalue weighted by molar-refractivity contribution is -0.207. The van der Waals surface area contributed by atoms with Crippen molar-refractivity contribution in [1.29, 1.82) is 0 Å².